The molecule has 0 rings (SSSR count). The highest BCUT2D eigenvalue weighted by Crippen LogP contribution is 1.81. The van der Waals surface area contributed by atoms with E-state index in [1.807, 2.05) is 6.92 Å². The Morgan fingerprint density at radius 1 is 1.83 bits per heavy atom. The van der Waals surface area contributed by atoms with Crippen molar-refractivity contribution in [3.05, 3.63) is 0 Å². The Bertz CT molecular complexity index is 51.5. The van der Waals surface area contributed by atoms with Crippen LogP contribution in [0.15, 0.2) is 0 Å². The molecule has 0 aromatic rings. The van der Waals surface area contributed by atoms with Gasteiger partial charge in [-0.05, 0) is 6.42 Å². The zero-order valence-electron chi connectivity index (χ0n) is 4.32. The first-order chi connectivity index (χ1) is 2.77. The normalized spacial score (nSPS) is 8.17. The maximum absolute atomic E-state index is 10.0. The van der Waals surface area contributed by atoms with Crippen LogP contribution in [0.2, 0.25) is 0 Å². The van der Waals surface area contributed by atoms with Crippen LogP contribution in [0, 0.1) is 0 Å². The molecule has 0 aliphatic rings. The zero-order valence-corrected chi connectivity index (χ0v) is 4.32. The van der Waals surface area contributed by atoms with E-state index in [2.05, 4.69) is 0 Å². The predicted molar refractivity (Wildman–Crippen MR) is 28.5 cm³/mol. The van der Waals surface area contributed by atoms with Crippen LogP contribution in [0.4, 0.5) is 0 Å². The van der Waals surface area contributed by atoms with Crippen molar-refractivity contribution in [2.45, 2.75) is 19.8 Å². The fraction of sp³-hybridized carbons (Fsp3) is 0.750. The summed E-state index contributed by atoms with van der Waals surface area (Å²) >= 11 is 0. The van der Waals surface area contributed by atoms with Gasteiger partial charge in [0.25, 0.3) is 0 Å². The second-order valence-corrected chi connectivity index (χ2v) is 1.45. The first kappa shape index (κ1) is 5.73. The van der Waals surface area contributed by atoms with Crippen molar-refractivity contribution in [1.29, 1.82) is 0 Å². The van der Waals surface area contributed by atoms with Crippen LogP contribution in [0.3, 0.4) is 0 Å². The van der Waals surface area contributed by atoms with Crippen LogP contribution >= 0.6 is 0 Å². The molecule has 1 nitrogen and oxygen atoms in total. The predicted octanol–water partition coefficient (Wildman–Crippen LogP) is -0.0538. The summed E-state index contributed by atoms with van der Waals surface area (Å²) in [6, 6.07) is 0. The second-order valence-electron chi connectivity index (χ2n) is 1.45. The van der Waals surface area contributed by atoms with Gasteiger partial charge in [0.05, 0.1) is 5.68 Å². The molecule has 0 saturated heterocycles. The molecule has 0 aromatic carbocycles. The summed E-state index contributed by atoms with van der Waals surface area (Å²) < 4.78 is 0. The van der Waals surface area contributed by atoms with E-state index in [-0.39, 0.29) is 5.68 Å². The number of carbonyl (C=O) groups is 1. The van der Waals surface area contributed by atoms with Gasteiger partial charge < -0.3 is 4.79 Å². The van der Waals surface area contributed by atoms with E-state index in [9.17, 15) is 4.79 Å². The molecule has 0 spiro atoms. The molecule has 0 aromatic heterocycles. The third-order valence-corrected chi connectivity index (χ3v) is 0.602. The molecule has 0 N–H and O–H groups in total. The Balaban J connectivity index is 2.83. The lowest BCUT2D eigenvalue weighted by molar-refractivity contribution is -0.111. The summed E-state index contributed by atoms with van der Waals surface area (Å²) in [7, 11) is 1.61. The molecule has 0 unspecified atom stereocenters. The molecule has 34 valence electrons. The second kappa shape index (κ2) is 2.95. The third kappa shape index (κ3) is 3.73. The van der Waals surface area contributed by atoms with Gasteiger partial charge in [0.15, 0.2) is 7.85 Å². The van der Waals surface area contributed by atoms with Crippen LogP contribution in [-0.4, -0.2) is 13.5 Å². The van der Waals surface area contributed by atoms with Crippen LogP contribution < -0.4 is 0 Å². The smallest absolute Gasteiger partial charge is 0.187 e. The first-order valence-corrected chi connectivity index (χ1v) is 2.26. The minimum absolute atomic E-state index is 0.289. The van der Waals surface area contributed by atoms with E-state index in [1.54, 1.807) is 7.85 Å². The van der Waals surface area contributed by atoms with E-state index < -0.39 is 0 Å². The fourth-order valence-corrected chi connectivity index (χ4v) is 0.352. The monoisotopic (exact) mass is 84.1 g/mol. The lowest BCUT2D eigenvalue weighted by atomic mass is 9.99. The maximum atomic E-state index is 10.0. The number of hydrogen-bond acceptors (Lipinski definition) is 1. The van der Waals surface area contributed by atoms with Crippen molar-refractivity contribution < 1.29 is 4.79 Å². The standard InChI is InChI=1S/C4H9BO/c1-2-3-4(5)6/h2-3,5H2,1H3. The molecule has 0 radical (unpaired) electrons. The van der Waals surface area contributed by atoms with Gasteiger partial charge in [-0.1, -0.05) is 13.3 Å². The van der Waals surface area contributed by atoms with Crippen molar-refractivity contribution >= 4 is 13.5 Å². The lowest BCUT2D eigenvalue weighted by Gasteiger charge is -1.80. The Morgan fingerprint density at radius 3 is 2.33 bits per heavy atom. The third-order valence-electron chi connectivity index (χ3n) is 0.602. The molecule has 0 amide bonds. The van der Waals surface area contributed by atoms with Gasteiger partial charge in [-0.15, -0.1) is 0 Å². The minimum atomic E-state index is 0.289. The van der Waals surface area contributed by atoms with Crippen LogP contribution in [0.25, 0.3) is 0 Å². The average molecular weight is 83.9 g/mol. The van der Waals surface area contributed by atoms with Crippen LogP contribution in [-0.2, 0) is 4.79 Å². The molecule has 0 fully saturated rings. The van der Waals surface area contributed by atoms with Crippen molar-refractivity contribution in [1.82, 2.24) is 0 Å². The summed E-state index contributed by atoms with van der Waals surface area (Å²) in [4.78, 5) is 10.0. The Kier molecular flexibility index (Phi) is 2.82. The Morgan fingerprint density at radius 2 is 2.33 bits per heavy atom. The lowest BCUT2D eigenvalue weighted by Crippen LogP contribution is -1.91. The molecule has 0 heterocycles. The number of rotatable bonds is 2. The van der Waals surface area contributed by atoms with E-state index in [4.69, 9.17) is 0 Å². The highest BCUT2D eigenvalue weighted by molar-refractivity contribution is 6.57. The molecular weight excluding hydrogens is 74.9 g/mol. The van der Waals surface area contributed by atoms with Crippen molar-refractivity contribution in [3.8, 4) is 0 Å². The van der Waals surface area contributed by atoms with Crippen molar-refractivity contribution in [3.63, 3.8) is 0 Å². The van der Waals surface area contributed by atoms with Crippen LogP contribution in [0.1, 0.15) is 19.8 Å². The number of carbonyl (C=O) groups excluding carboxylic acids is 1. The highest BCUT2D eigenvalue weighted by Gasteiger charge is 1.84. The largest absolute Gasteiger partial charge is 0.312 e. The maximum Gasteiger partial charge on any atom is 0.187 e. The molecular formula is C4H9BO. The summed E-state index contributed by atoms with van der Waals surface area (Å²) in [5.74, 6) is 0. The molecule has 2 heteroatoms. The summed E-state index contributed by atoms with van der Waals surface area (Å²) in [6.45, 7) is 2.00. The Hall–Kier alpha value is -0.265. The molecule has 0 aliphatic carbocycles. The summed E-state index contributed by atoms with van der Waals surface area (Å²) in [5, 5.41) is 0. The fourth-order valence-electron chi connectivity index (χ4n) is 0.352. The van der Waals surface area contributed by atoms with Crippen molar-refractivity contribution in [2.75, 3.05) is 0 Å². The van der Waals surface area contributed by atoms with Gasteiger partial charge in [-0.2, -0.15) is 0 Å². The van der Waals surface area contributed by atoms with Gasteiger partial charge in [0.1, 0.15) is 0 Å². The van der Waals surface area contributed by atoms with Gasteiger partial charge in [0.2, 0.25) is 0 Å². The van der Waals surface area contributed by atoms with Crippen LogP contribution in [0.5, 0.6) is 0 Å². The highest BCUT2D eigenvalue weighted by atomic mass is 16.1. The molecule has 0 saturated carbocycles. The topological polar surface area (TPSA) is 17.1 Å². The summed E-state index contributed by atoms with van der Waals surface area (Å²) in [6.07, 6.45) is 1.72. The van der Waals surface area contributed by atoms with Gasteiger partial charge in [0, 0.05) is 0 Å². The average Bonchev–Trinajstić information content (AvgIpc) is 1.35. The van der Waals surface area contributed by atoms with E-state index >= 15 is 0 Å². The van der Waals surface area contributed by atoms with Gasteiger partial charge >= 0.3 is 0 Å². The van der Waals surface area contributed by atoms with E-state index in [1.165, 1.54) is 0 Å². The quantitative estimate of drug-likeness (QED) is 0.428. The minimum Gasteiger partial charge on any atom is -0.312 e. The molecule has 0 bridgehead atoms. The molecule has 0 atom stereocenters. The van der Waals surface area contributed by atoms with Crippen molar-refractivity contribution in [2.24, 2.45) is 0 Å². The first-order valence-electron chi connectivity index (χ1n) is 2.26. The summed E-state index contributed by atoms with van der Waals surface area (Å²) in [5.41, 5.74) is 0.289. The van der Waals surface area contributed by atoms with E-state index in [0.717, 1.165) is 12.8 Å². The zero-order chi connectivity index (χ0) is 4.99. The SMILES string of the molecule is BC(=O)CCC. The molecule has 0 aliphatic heterocycles. The van der Waals surface area contributed by atoms with E-state index in [0.29, 0.717) is 0 Å². The molecule has 6 heavy (non-hydrogen) atoms. The van der Waals surface area contributed by atoms with Gasteiger partial charge in [-0.3, -0.25) is 0 Å². The van der Waals surface area contributed by atoms with Gasteiger partial charge in [-0.25, -0.2) is 0 Å². The Labute approximate surface area is 39.1 Å². The number of hydrogen-bond donors (Lipinski definition) is 0.